The van der Waals surface area contributed by atoms with Crippen LogP contribution in [0.25, 0.3) is 0 Å². The molecule has 2 N–H and O–H groups in total. The Hall–Kier alpha value is -1.35. The van der Waals surface area contributed by atoms with Crippen molar-refractivity contribution in [1.29, 1.82) is 0 Å². The summed E-state index contributed by atoms with van der Waals surface area (Å²) in [4.78, 5) is 12.4. The minimum atomic E-state index is -0.612. The Labute approximate surface area is 108 Å². The summed E-state index contributed by atoms with van der Waals surface area (Å²) in [5, 5.41) is 0. The van der Waals surface area contributed by atoms with E-state index >= 15 is 0 Å². The fourth-order valence-electron chi connectivity index (χ4n) is 2.66. The maximum absolute atomic E-state index is 12.4. The van der Waals surface area contributed by atoms with Crippen LogP contribution < -0.4 is 10.5 Å². The molecule has 0 heterocycles. The van der Waals surface area contributed by atoms with Gasteiger partial charge in [0.15, 0.2) is 5.78 Å². The zero-order chi connectivity index (χ0) is 13.0. The van der Waals surface area contributed by atoms with Gasteiger partial charge in [-0.15, -0.1) is 0 Å². The highest BCUT2D eigenvalue weighted by Gasteiger charge is 2.34. The smallest absolute Gasteiger partial charge is 0.157 e. The van der Waals surface area contributed by atoms with Gasteiger partial charge in [0, 0.05) is 12.0 Å². The number of carbonyl (C=O) groups is 1. The van der Waals surface area contributed by atoms with Crippen LogP contribution in [0.5, 0.6) is 5.75 Å². The summed E-state index contributed by atoms with van der Waals surface area (Å²) in [6, 6.07) is 7.65. The SMILES string of the molecule is COc1ccccc1CC(=O)C1(N)CCCCC1. The second-order valence-electron chi connectivity index (χ2n) is 5.13. The number of rotatable bonds is 4. The van der Waals surface area contributed by atoms with Crippen LogP contribution in [0, 0.1) is 0 Å². The molecule has 1 fully saturated rings. The van der Waals surface area contributed by atoms with Crippen LogP contribution in [0.2, 0.25) is 0 Å². The van der Waals surface area contributed by atoms with Gasteiger partial charge in [0.05, 0.1) is 12.6 Å². The highest BCUT2D eigenvalue weighted by Crippen LogP contribution is 2.29. The van der Waals surface area contributed by atoms with Gasteiger partial charge in [-0.2, -0.15) is 0 Å². The van der Waals surface area contributed by atoms with Gasteiger partial charge < -0.3 is 10.5 Å². The van der Waals surface area contributed by atoms with Crippen LogP contribution in [0.3, 0.4) is 0 Å². The van der Waals surface area contributed by atoms with Gasteiger partial charge >= 0.3 is 0 Å². The van der Waals surface area contributed by atoms with Gasteiger partial charge in [-0.25, -0.2) is 0 Å². The molecule has 0 amide bonds. The first-order chi connectivity index (χ1) is 8.65. The number of para-hydroxylation sites is 1. The molecule has 2 rings (SSSR count). The third-order valence-corrected chi connectivity index (χ3v) is 3.84. The third kappa shape index (κ3) is 2.72. The number of methoxy groups -OCH3 is 1. The van der Waals surface area contributed by atoms with E-state index in [9.17, 15) is 4.79 Å². The highest BCUT2D eigenvalue weighted by molar-refractivity contribution is 5.90. The first-order valence-electron chi connectivity index (χ1n) is 6.60. The van der Waals surface area contributed by atoms with E-state index in [0.29, 0.717) is 6.42 Å². The van der Waals surface area contributed by atoms with E-state index in [-0.39, 0.29) is 5.78 Å². The van der Waals surface area contributed by atoms with Crippen molar-refractivity contribution in [2.75, 3.05) is 7.11 Å². The molecule has 0 radical (unpaired) electrons. The Morgan fingerprint density at radius 3 is 2.61 bits per heavy atom. The fourth-order valence-corrected chi connectivity index (χ4v) is 2.66. The molecule has 1 aromatic carbocycles. The molecular weight excluding hydrogens is 226 g/mol. The first kappa shape index (κ1) is 13.1. The van der Waals surface area contributed by atoms with Gasteiger partial charge in [-0.1, -0.05) is 37.5 Å². The molecule has 0 aromatic heterocycles. The summed E-state index contributed by atoms with van der Waals surface area (Å²) in [6.07, 6.45) is 5.34. The Balaban J connectivity index is 2.10. The van der Waals surface area contributed by atoms with E-state index in [1.807, 2.05) is 24.3 Å². The molecule has 3 nitrogen and oxygen atoms in total. The number of ether oxygens (including phenoxy) is 1. The second-order valence-corrected chi connectivity index (χ2v) is 5.13. The largest absolute Gasteiger partial charge is 0.496 e. The topological polar surface area (TPSA) is 52.3 Å². The molecule has 3 heteroatoms. The highest BCUT2D eigenvalue weighted by atomic mass is 16.5. The Kier molecular flexibility index (Phi) is 4.02. The van der Waals surface area contributed by atoms with Gasteiger partial charge in [0.1, 0.15) is 5.75 Å². The van der Waals surface area contributed by atoms with Crippen molar-refractivity contribution in [1.82, 2.24) is 0 Å². The predicted octanol–water partition coefficient (Wildman–Crippen LogP) is 2.47. The van der Waals surface area contributed by atoms with Crippen LogP contribution in [0.1, 0.15) is 37.7 Å². The van der Waals surface area contributed by atoms with Crippen LogP contribution in [-0.2, 0) is 11.2 Å². The molecule has 0 spiro atoms. The normalized spacial score (nSPS) is 18.3. The van der Waals surface area contributed by atoms with Crippen molar-refractivity contribution in [3.8, 4) is 5.75 Å². The molecule has 0 bridgehead atoms. The monoisotopic (exact) mass is 247 g/mol. The molecule has 1 aliphatic rings. The standard InChI is InChI=1S/C15H21NO2/c1-18-13-8-4-3-7-12(13)11-14(17)15(16)9-5-2-6-10-15/h3-4,7-8H,2,5-6,9-11,16H2,1H3. The summed E-state index contributed by atoms with van der Waals surface area (Å²) >= 11 is 0. The number of benzene rings is 1. The Bertz CT molecular complexity index is 422. The molecule has 0 saturated heterocycles. The summed E-state index contributed by atoms with van der Waals surface area (Å²) in [6.45, 7) is 0. The molecule has 0 unspecified atom stereocenters. The number of hydrogen-bond acceptors (Lipinski definition) is 3. The van der Waals surface area contributed by atoms with Crippen molar-refractivity contribution >= 4 is 5.78 Å². The quantitative estimate of drug-likeness (QED) is 0.889. The molecule has 1 aliphatic carbocycles. The number of carbonyl (C=O) groups excluding carboxylic acids is 1. The van der Waals surface area contributed by atoms with E-state index in [1.54, 1.807) is 7.11 Å². The van der Waals surface area contributed by atoms with E-state index < -0.39 is 5.54 Å². The van der Waals surface area contributed by atoms with Crippen molar-refractivity contribution in [3.05, 3.63) is 29.8 Å². The van der Waals surface area contributed by atoms with Crippen molar-refractivity contribution in [3.63, 3.8) is 0 Å². The summed E-state index contributed by atoms with van der Waals surface area (Å²) in [5.41, 5.74) is 6.57. The van der Waals surface area contributed by atoms with Crippen molar-refractivity contribution in [2.24, 2.45) is 5.73 Å². The number of hydrogen-bond donors (Lipinski definition) is 1. The lowest BCUT2D eigenvalue weighted by Gasteiger charge is -2.32. The molecule has 0 atom stereocenters. The molecular formula is C15H21NO2. The predicted molar refractivity (Wildman–Crippen MR) is 71.7 cm³/mol. The fraction of sp³-hybridized carbons (Fsp3) is 0.533. The van der Waals surface area contributed by atoms with E-state index in [2.05, 4.69) is 0 Å². The van der Waals surface area contributed by atoms with E-state index in [1.165, 1.54) is 6.42 Å². The molecule has 0 aliphatic heterocycles. The third-order valence-electron chi connectivity index (χ3n) is 3.84. The lowest BCUT2D eigenvalue weighted by molar-refractivity contribution is -0.124. The van der Waals surface area contributed by atoms with Gasteiger partial charge in [0.2, 0.25) is 0 Å². The Morgan fingerprint density at radius 2 is 1.94 bits per heavy atom. The molecule has 18 heavy (non-hydrogen) atoms. The summed E-state index contributed by atoms with van der Waals surface area (Å²) < 4.78 is 5.27. The first-order valence-corrected chi connectivity index (χ1v) is 6.60. The average molecular weight is 247 g/mol. The minimum absolute atomic E-state index is 0.145. The molecule has 1 aromatic rings. The van der Waals surface area contributed by atoms with Crippen molar-refractivity contribution in [2.45, 2.75) is 44.1 Å². The maximum Gasteiger partial charge on any atom is 0.157 e. The van der Waals surface area contributed by atoms with Gasteiger partial charge in [0.25, 0.3) is 0 Å². The Morgan fingerprint density at radius 1 is 1.28 bits per heavy atom. The number of Topliss-reactive ketones (excluding diaryl/α,β-unsaturated/α-hetero) is 1. The van der Waals surface area contributed by atoms with Gasteiger partial charge in [-0.3, -0.25) is 4.79 Å². The second kappa shape index (κ2) is 5.53. The van der Waals surface area contributed by atoms with E-state index in [4.69, 9.17) is 10.5 Å². The summed E-state index contributed by atoms with van der Waals surface area (Å²) in [7, 11) is 1.63. The van der Waals surface area contributed by atoms with Crippen LogP contribution in [0.4, 0.5) is 0 Å². The number of ketones is 1. The molecule has 1 saturated carbocycles. The maximum atomic E-state index is 12.4. The lowest BCUT2D eigenvalue weighted by Crippen LogP contribution is -2.50. The van der Waals surface area contributed by atoms with Gasteiger partial charge in [-0.05, 0) is 18.9 Å². The van der Waals surface area contributed by atoms with Crippen LogP contribution in [-0.4, -0.2) is 18.4 Å². The number of nitrogens with two attached hydrogens (primary N) is 1. The van der Waals surface area contributed by atoms with Crippen LogP contribution in [0.15, 0.2) is 24.3 Å². The average Bonchev–Trinajstić information content (AvgIpc) is 2.40. The summed E-state index contributed by atoms with van der Waals surface area (Å²) in [5.74, 6) is 0.914. The lowest BCUT2D eigenvalue weighted by atomic mass is 9.78. The zero-order valence-electron chi connectivity index (χ0n) is 10.9. The van der Waals surface area contributed by atoms with Crippen molar-refractivity contribution < 1.29 is 9.53 Å². The minimum Gasteiger partial charge on any atom is -0.496 e. The zero-order valence-corrected chi connectivity index (χ0v) is 10.9. The molecule has 98 valence electrons. The van der Waals surface area contributed by atoms with Crippen LogP contribution >= 0.6 is 0 Å². The van der Waals surface area contributed by atoms with E-state index in [0.717, 1.165) is 37.0 Å².